The predicted molar refractivity (Wildman–Crippen MR) is 85.2 cm³/mol. The lowest BCUT2D eigenvalue weighted by Gasteiger charge is -2.08. The quantitative estimate of drug-likeness (QED) is 0.675. The number of nitrogens with zero attached hydrogens (tertiary/aromatic N) is 3. The predicted octanol–water partition coefficient (Wildman–Crippen LogP) is 4.33. The Bertz CT molecular complexity index is 829. The molecule has 0 aliphatic carbocycles. The van der Waals surface area contributed by atoms with Crippen LogP contribution in [0.5, 0.6) is 0 Å². The Hall–Kier alpha value is -2.02. The van der Waals surface area contributed by atoms with Gasteiger partial charge < -0.3 is 0 Å². The molecule has 2 aromatic carbocycles. The van der Waals surface area contributed by atoms with Gasteiger partial charge in [0.25, 0.3) is 0 Å². The van der Waals surface area contributed by atoms with Gasteiger partial charge in [0.15, 0.2) is 0 Å². The van der Waals surface area contributed by atoms with E-state index >= 15 is 0 Å². The second-order valence-corrected chi connectivity index (χ2v) is 5.38. The van der Waals surface area contributed by atoms with Gasteiger partial charge in [-0.15, -0.1) is 11.6 Å². The lowest BCUT2D eigenvalue weighted by atomic mass is 10.2. The van der Waals surface area contributed by atoms with Crippen LogP contribution in [0.3, 0.4) is 0 Å². The molecule has 0 aliphatic heterocycles. The van der Waals surface area contributed by atoms with E-state index in [1.807, 2.05) is 41.0 Å². The van der Waals surface area contributed by atoms with Crippen molar-refractivity contribution in [1.29, 1.82) is 5.26 Å². The van der Waals surface area contributed by atoms with Crippen LogP contribution < -0.4 is 0 Å². The fourth-order valence-electron chi connectivity index (χ4n) is 2.37. The smallest absolute Gasteiger partial charge is 0.115 e. The fraction of sp³-hybridized carbons (Fsp3) is 0.125. The highest BCUT2D eigenvalue weighted by Crippen LogP contribution is 2.25. The number of halogens is 2. The first-order valence-electron chi connectivity index (χ1n) is 6.47. The molecule has 0 atom stereocenters. The maximum atomic E-state index is 9.23. The summed E-state index contributed by atoms with van der Waals surface area (Å²) >= 11 is 11.8. The van der Waals surface area contributed by atoms with E-state index in [0.717, 1.165) is 17.0 Å². The molecule has 1 heterocycles. The normalized spacial score (nSPS) is 10.7. The lowest BCUT2D eigenvalue weighted by molar-refractivity contribution is 0.912. The van der Waals surface area contributed by atoms with E-state index in [-0.39, 0.29) is 0 Å². The van der Waals surface area contributed by atoms with E-state index < -0.39 is 0 Å². The number of aromatic nitrogens is 2. The summed E-state index contributed by atoms with van der Waals surface area (Å²) in [6.07, 6.45) is 0.629. The number of alkyl halides is 1. The number of nitriles is 1. The van der Waals surface area contributed by atoms with Crippen LogP contribution in [0.15, 0.2) is 42.5 Å². The van der Waals surface area contributed by atoms with Crippen molar-refractivity contribution in [2.45, 2.75) is 6.42 Å². The molecule has 1 aromatic heterocycles. The first kappa shape index (κ1) is 13.9. The lowest BCUT2D eigenvalue weighted by Crippen LogP contribution is -2.01. The summed E-state index contributed by atoms with van der Waals surface area (Å²) in [5.41, 5.74) is 3.12. The molecule has 0 radical (unpaired) electrons. The molecule has 0 aliphatic rings. The van der Waals surface area contributed by atoms with Crippen LogP contribution in [0.2, 0.25) is 5.02 Å². The number of hydrogen-bond acceptors (Lipinski definition) is 2. The highest BCUT2D eigenvalue weighted by Gasteiger charge is 2.14. The minimum absolute atomic E-state index is 0.471. The van der Waals surface area contributed by atoms with Gasteiger partial charge in [0, 0.05) is 23.0 Å². The molecule has 0 N–H and O–H groups in total. The molecule has 0 saturated heterocycles. The second-order valence-electron chi connectivity index (χ2n) is 4.56. The minimum Gasteiger partial charge on any atom is -0.296 e. The summed E-state index contributed by atoms with van der Waals surface area (Å²) in [7, 11) is 0. The second kappa shape index (κ2) is 5.77. The highest BCUT2D eigenvalue weighted by molar-refractivity contribution is 6.30. The van der Waals surface area contributed by atoms with E-state index in [1.54, 1.807) is 6.07 Å². The summed E-state index contributed by atoms with van der Waals surface area (Å²) in [5.74, 6) is 1.31. The van der Waals surface area contributed by atoms with Crippen molar-refractivity contribution in [3.63, 3.8) is 0 Å². The Morgan fingerprint density at radius 2 is 1.90 bits per heavy atom. The Morgan fingerprint density at radius 1 is 1.14 bits per heavy atom. The van der Waals surface area contributed by atoms with Crippen LogP contribution in [0.1, 0.15) is 11.4 Å². The molecule has 0 amide bonds. The molecule has 0 spiro atoms. The summed E-state index contributed by atoms with van der Waals surface area (Å²) in [6.45, 7) is 0. The average Bonchev–Trinajstić information content (AvgIpc) is 2.86. The van der Waals surface area contributed by atoms with Gasteiger partial charge in [-0.25, -0.2) is 4.98 Å². The van der Waals surface area contributed by atoms with Crippen LogP contribution >= 0.6 is 23.2 Å². The average molecular weight is 316 g/mol. The van der Waals surface area contributed by atoms with Crippen molar-refractivity contribution in [3.8, 4) is 11.8 Å². The van der Waals surface area contributed by atoms with Gasteiger partial charge in [-0.05, 0) is 36.4 Å². The number of rotatable bonds is 3. The fourth-order valence-corrected chi connectivity index (χ4v) is 2.66. The molecule has 3 aromatic rings. The van der Waals surface area contributed by atoms with Crippen molar-refractivity contribution in [3.05, 3.63) is 58.9 Å². The summed E-state index contributed by atoms with van der Waals surface area (Å²) in [4.78, 5) is 4.60. The number of aryl methyl sites for hydroxylation is 1. The zero-order valence-corrected chi connectivity index (χ0v) is 12.6. The molecule has 0 fully saturated rings. The molecule has 104 valence electrons. The molecule has 21 heavy (non-hydrogen) atoms. The van der Waals surface area contributed by atoms with Crippen LogP contribution in [0.4, 0.5) is 0 Å². The monoisotopic (exact) mass is 315 g/mol. The Kier molecular flexibility index (Phi) is 3.83. The molecule has 3 rings (SSSR count). The van der Waals surface area contributed by atoms with Crippen molar-refractivity contribution in [1.82, 2.24) is 9.55 Å². The Labute approximate surface area is 132 Å². The van der Waals surface area contributed by atoms with Crippen molar-refractivity contribution < 1.29 is 0 Å². The summed E-state index contributed by atoms with van der Waals surface area (Å²) in [6, 6.07) is 15.3. The third kappa shape index (κ3) is 2.49. The maximum Gasteiger partial charge on any atom is 0.115 e. The number of benzene rings is 2. The molecule has 0 unspecified atom stereocenters. The topological polar surface area (TPSA) is 41.6 Å². The van der Waals surface area contributed by atoms with Crippen LogP contribution in [-0.4, -0.2) is 15.4 Å². The Balaban J connectivity index is 2.31. The van der Waals surface area contributed by atoms with E-state index in [0.29, 0.717) is 28.4 Å². The van der Waals surface area contributed by atoms with Gasteiger partial charge in [-0.3, -0.25) is 4.57 Å². The molecular formula is C16H11Cl2N3. The number of imidazole rings is 1. The standard InChI is InChI=1S/C16H11Cl2N3/c17-9-8-15-20-16-11(10-19)2-1-3-14(16)21(15)13-6-4-12(18)5-7-13/h1-7H,8-9H2. The maximum absolute atomic E-state index is 9.23. The summed E-state index contributed by atoms with van der Waals surface area (Å²) < 4.78 is 2.02. The van der Waals surface area contributed by atoms with E-state index in [4.69, 9.17) is 23.2 Å². The number of para-hydroxylation sites is 1. The zero-order chi connectivity index (χ0) is 14.8. The van der Waals surface area contributed by atoms with E-state index in [9.17, 15) is 5.26 Å². The van der Waals surface area contributed by atoms with Gasteiger partial charge in [0.05, 0.1) is 11.1 Å². The van der Waals surface area contributed by atoms with Gasteiger partial charge in [-0.1, -0.05) is 17.7 Å². The SMILES string of the molecule is N#Cc1cccc2c1nc(CCCl)n2-c1ccc(Cl)cc1. The third-order valence-electron chi connectivity index (χ3n) is 3.28. The van der Waals surface area contributed by atoms with Crippen LogP contribution in [0.25, 0.3) is 16.7 Å². The summed E-state index contributed by atoms with van der Waals surface area (Å²) in [5, 5.41) is 9.91. The van der Waals surface area contributed by atoms with Gasteiger partial charge in [0.2, 0.25) is 0 Å². The number of fused-ring (bicyclic) bond motifs is 1. The highest BCUT2D eigenvalue weighted by atomic mass is 35.5. The molecular weight excluding hydrogens is 305 g/mol. The van der Waals surface area contributed by atoms with E-state index in [2.05, 4.69) is 11.1 Å². The largest absolute Gasteiger partial charge is 0.296 e. The van der Waals surface area contributed by atoms with Crippen LogP contribution in [0, 0.1) is 11.3 Å². The van der Waals surface area contributed by atoms with Crippen molar-refractivity contribution in [2.24, 2.45) is 0 Å². The van der Waals surface area contributed by atoms with Crippen molar-refractivity contribution >= 4 is 34.2 Å². The Morgan fingerprint density at radius 3 is 2.57 bits per heavy atom. The first-order valence-corrected chi connectivity index (χ1v) is 7.38. The minimum atomic E-state index is 0.471. The molecule has 0 saturated carbocycles. The van der Waals surface area contributed by atoms with Crippen LogP contribution in [-0.2, 0) is 6.42 Å². The molecule has 3 nitrogen and oxygen atoms in total. The first-order chi connectivity index (χ1) is 10.2. The van der Waals surface area contributed by atoms with Gasteiger partial charge >= 0.3 is 0 Å². The van der Waals surface area contributed by atoms with Gasteiger partial charge in [-0.2, -0.15) is 5.26 Å². The molecule has 5 heteroatoms. The number of hydrogen-bond donors (Lipinski definition) is 0. The van der Waals surface area contributed by atoms with Gasteiger partial charge in [0.1, 0.15) is 17.4 Å². The van der Waals surface area contributed by atoms with Crippen molar-refractivity contribution in [2.75, 3.05) is 5.88 Å². The molecule has 0 bridgehead atoms. The van der Waals surface area contributed by atoms with E-state index in [1.165, 1.54) is 0 Å². The zero-order valence-electron chi connectivity index (χ0n) is 11.1. The third-order valence-corrected chi connectivity index (χ3v) is 3.72.